The molecule has 1 aromatic carbocycles. The molecule has 0 saturated carbocycles. The van der Waals surface area contributed by atoms with Gasteiger partial charge in [0.2, 0.25) is 0 Å². The van der Waals surface area contributed by atoms with Gasteiger partial charge in [0.05, 0.1) is 10.6 Å². The molecular weight excluding hydrogens is 286 g/mol. The molecule has 1 aliphatic rings. The lowest BCUT2D eigenvalue weighted by Gasteiger charge is -2.14. The van der Waals surface area contributed by atoms with E-state index in [0.717, 1.165) is 16.0 Å². The van der Waals surface area contributed by atoms with Crippen LogP contribution in [0.1, 0.15) is 28.7 Å². The molecule has 0 saturated heterocycles. The average Bonchev–Trinajstić information content (AvgIpc) is 3.08. The predicted octanol–water partition coefficient (Wildman–Crippen LogP) is 2.18. The van der Waals surface area contributed by atoms with Gasteiger partial charge in [-0.05, 0) is 18.4 Å². The van der Waals surface area contributed by atoms with Crippen molar-refractivity contribution in [2.45, 2.75) is 19.6 Å². The first kappa shape index (κ1) is 13.7. The van der Waals surface area contributed by atoms with Gasteiger partial charge in [-0.2, -0.15) is 0 Å². The number of aliphatic carboxylic acids is 1. The molecule has 0 amide bonds. The topological polar surface area (TPSA) is 61.4 Å². The number of carbonyl (C=O) groups excluding carboxylic acids is 1. The third-order valence-corrected chi connectivity index (χ3v) is 4.13. The first-order chi connectivity index (χ1) is 10.1. The molecule has 2 aromatic rings. The van der Waals surface area contributed by atoms with Gasteiger partial charge in [0.25, 0.3) is 0 Å². The van der Waals surface area contributed by atoms with Crippen LogP contribution in [0.5, 0.6) is 0 Å². The lowest BCUT2D eigenvalue weighted by Crippen LogP contribution is -2.26. The number of rotatable bonds is 4. The van der Waals surface area contributed by atoms with Gasteiger partial charge in [-0.3, -0.25) is 0 Å². The van der Waals surface area contributed by atoms with Gasteiger partial charge in [-0.1, -0.05) is 35.9 Å². The van der Waals surface area contributed by atoms with Gasteiger partial charge in [-0.15, -0.1) is 11.3 Å². The second-order valence-corrected chi connectivity index (χ2v) is 5.83. The smallest absolute Gasteiger partial charge is 0.196 e. The average molecular weight is 300 g/mol. The van der Waals surface area contributed by atoms with Gasteiger partial charge in [0.1, 0.15) is 0 Å². The zero-order chi connectivity index (χ0) is 14.8. The summed E-state index contributed by atoms with van der Waals surface area (Å²) in [7, 11) is 0. The van der Waals surface area contributed by atoms with E-state index in [-0.39, 0.29) is 12.6 Å². The molecular formula is C16H14NO3S-. The summed E-state index contributed by atoms with van der Waals surface area (Å²) in [6.45, 7) is 2.02. The fraction of sp³-hybridized carbons (Fsp3) is 0.188. The number of benzene rings is 1. The van der Waals surface area contributed by atoms with Gasteiger partial charge >= 0.3 is 0 Å². The summed E-state index contributed by atoms with van der Waals surface area (Å²) in [6.07, 6.45) is -0.549. The largest absolute Gasteiger partial charge is 0.550 e. The zero-order valence-electron chi connectivity index (χ0n) is 11.5. The fourth-order valence-corrected chi connectivity index (χ4v) is 2.96. The van der Waals surface area contributed by atoms with Crippen molar-refractivity contribution in [1.82, 2.24) is 5.32 Å². The Hall–Kier alpha value is -2.27. The fourth-order valence-electron chi connectivity index (χ4n) is 2.23. The summed E-state index contributed by atoms with van der Waals surface area (Å²) >= 11 is 1.51. The highest BCUT2D eigenvalue weighted by Gasteiger charge is 2.27. The Balaban J connectivity index is 1.88. The normalized spacial score (nSPS) is 17.5. The Morgan fingerprint density at radius 1 is 1.33 bits per heavy atom. The molecule has 1 aliphatic heterocycles. The first-order valence-corrected chi connectivity index (χ1v) is 7.48. The molecule has 0 bridgehead atoms. The molecule has 1 atom stereocenters. The Morgan fingerprint density at radius 2 is 2.10 bits per heavy atom. The standard InChI is InChI=1S/C16H15NO3S/c1-10-4-6-11(7-5-10)16-17-12(9-14(18)19)15(20-16)13-3-2-8-21-13/h2-8,16-17H,9H2,1H3,(H,18,19)/p-1. The molecule has 1 unspecified atom stereocenters. The highest BCUT2D eigenvalue weighted by atomic mass is 32.1. The molecule has 0 spiro atoms. The van der Waals surface area contributed by atoms with Crippen molar-refractivity contribution in [1.29, 1.82) is 0 Å². The van der Waals surface area contributed by atoms with Crippen molar-refractivity contribution in [2.75, 3.05) is 0 Å². The molecule has 1 N–H and O–H groups in total. The minimum Gasteiger partial charge on any atom is -0.550 e. The van der Waals surface area contributed by atoms with E-state index >= 15 is 0 Å². The van der Waals surface area contributed by atoms with E-state index in [1.165, 1.54) is 11.3 Å². The van der Waals surface area contributed by atoms with Crippen molar-refractivity contribution in [3.8, 4) is 0 Å². The monoisotopic (exact) mass is 300 g/mol. The van der Waals surface area contributed by atoms with E-state index < -0.39 is 5.97 Å². The third kappa shape index (κ3) is 2.92. The molecule has 0 radical (unpaired) electrons. The summed E-state index contributed by atoms with van der Waals surface area (Å²) in [6, 6.07) is 11.8. The van der Waals surface area contributed by atoms with Gasteiger partial charge in [0.15, 0.2) is 12.0 Å². The van der Waals surface area contributed by atoms with E-state index in [1.807, 2.05) is 48.7 Å². The lowest BCUT2D eigenvalue weighted by atomic mass is 10.1. The maximum absolute atomic E-state index is 10.9. The number of carbonyl (C=O) groups is 1. The van der Waals surface area contributed by atoms with Crippen molar-refractivity contribution < 1.29 is 14.6 Å². The van der Waals surface area contributed by atoms with E-state index in [1.54, 1.807) is 0 Å². The zero-order valence-corrected chi connectivity index (χ0v) is 12.3. The van der Waals surface area contributed by atoms with Crippen LogP contribution in [0.4, 0.5) is 0 Å². The van der Waals surface area contributed by atoms with Crippen LogP contribution in [-0.2, 0) is 9.53 Å². The van der Waals surface area contributed by atoms with Gasteiger partial charge in [0, 0.05) is 18.0 Å². The SMILES string of the molecule is Cc1ccc(C2NC(CC(=O)[O-])=C(c3cccs3)O2)cc1. The number of thiophene rings is 1. The molecule has 21 heavy (non-hydrogen) atoms. The number of hydrogen-bond acceptors (Lipinski definition) is 5. The predicted molar refractivity (Wildman–Crippen MR) is 79.0 cm³/mol. The second kappa shape index (κ2) is 5.61. The van der Waals surface area contributed by atoms with E-state index in [2.05, 4.69) is 5.32 Å². The molecule has 0 aliphatic carbocycles. The highest BCUT2D eigenvalue weighted by Crippen LogP contribution is 2.36. The minimum absolute atomic E-state index is 0.185. The Labute approximate surface area is 126 Å². The summed E-state index contributed by atoms with van der Waals surface area (Å²) < 4.78 is 5.93. The molecule has 2 heterocycles. The molecule has 4 nitrogen and oxygen atoms in total. The number of aryl methyl sites for hydroxylation is 1. The summed E-state index contributed by atoms with van der Waals surface area (Å²) in [5.74, 6) is -0.528. The first-order valence-electron chi connectivity index (χ1n) is 6.60. The molecule has 3 rings (SSSR count). The maximum atomic E-state index is 10.9. The van der Waals surface area contributed by atoms with Crippen LogP contribution in [0, 0.1) is 6.92 Å². The van der Waals surface area contributed by atoms with Gasteiger partial charge in [-0.25, -0.2) is 0 Å². The number of nitrogens with one attached hydrogen (secondary N) is 1. The van der Waals surface area contributed by atoms with Crippen LogP contribution in [0.25, 0.3) is 5.76 Å². The van der Waals surface area contributed by atoms with Crippen LogP contribution in [0.3, 0.4) is 0 Å². The van der Waals surface area contributed by atoms with E-state index in [9.17, 15) is 9.90 Å². The van der Waals surface area contributed by atoms with E-state index in [4.69, 9.17) is 4.74 Å². The van der Waals surface area contributed by atoms with Crippen molar-refractivity contribution >= 4 is 23.1 Å². The van der Waals surface area contributed by atoms with Gasteiger partial charge < -0.3 is 20.0 Å². The highest BCUT2D eigenvalue weighted by molar-refractivity contribution is 7.11. The molecule has 108 valence electrons. The van der Waals surface area contributed by atoms with Crippen LogP contribution in [0.2, 0.25) is 0 Å². The Bertz CT molecular complexity index is 674. The minimum atomic E-state index is -1.13. The number of hydrogen-bond donors (Lipinski definition) is 1. The second-order valence-electron chi connectivity index (χ2n) is 4.89. The van der Waals surface area contributed by atoms with Crippen LogP contribution in [-0.4, -0.2) is 5.97 Å². The maximum Gasteiger partial charge on any atom is 0.196 e. The van der Waals surface area contributed by atoms with Crippen LogP contribution < -0.4 is 10.4 Å². The lowest BCUT2D eigenvalue weighted by molar-refractivity contribution is -0.304. The summed E-state index contributed by atoms with van der Waals surface area (Å²) in [4.78, 5) is 11.8. The van der Waals surface area contributed by atoms with Crippen molar-refractivity contribution in [2.24, 2.45) is 0 Å². The quantitative estimate of drug-likeness (QED) is 0.940. The summed E-state index contributed by atoms with van der Waals surface area (Å²) in [5, 5.41) is 16.0. The Kier molecular flexibility index (Phi) is 3.66. The number of carboxylic acids is 1. The third-order valence-electron chi connectivity index (χ3n) is 3.26. The van der Waals surface area contributed by atoms with Crippen LogP contribution >= 0.6 is 11.3 Å². The molecule has 5 heteroatoms. The van der Waals surface area contributed by atoms with Crippen LogP contribution in [0.15, 0.2) is 47.5 Å². The molecule has 0 fully saturated rings. The Morgan fingerprint density at radius 3 is 2.71 bits per heavy atom. The molecule has 1 aromatic heterocycles. The van der Waals surface area contributed by atoms with Crippen molar-refractivity contribution in [3.05, 3.63) is 63.5 Å². The number of carboxylic acid groups (broad SMARTS) is 1. The summed E-state index contributed by atoms with van der Waals surface area (Å²) in [5.41, 5.74) is 2.68. The van der Waals surface area contributed by atoms with Crippen molar-refractivity contribution in [3.63, 3.8) is 0 Å². The number of ether oxygens (including phenoxy) is 1. The van der Waals surface area contributed by atoms with E-state index in [0.29, 0.717) is 11.5 Å².